The van der Waals surface area contributed by atoms with Crippen molar-refractivity contribution in [2.45, 2.75) is 6.10 Å². The zero-order valence-electron chi connectivity index (χ0n) is 4.95. The maximum Gasteiger partial charge on any atom is 0.133 e. The first-order valence-corrected chi connectivity index (χ1v) is 3.09. The number of hydrogen-bond donors (Lipinski definition) is 2. The molecule has 0 aliphatic rings. The van der Waals surface area contributed by atoms with Crippen LogP contribution in [0.15, 0.2) is 0 Å². The van der Waals surface area contributed by atoms with Crippen molar-refractivity contribution in [2.75, 3.05) is 12.4 Å². The van der Waals surface area contributed by atoms with Gasteiger partial charge in [0.15, 0.2) is 0 Å². The number of thiocyanates is 1. The predicted octanol–water partition coefficient (Wildman–Crippen LogP) is -0.827. The zero-order chi connectivity index (χ0) is 6.41. The summed E-state index contributed by atoms with van der Waals surface area (Å²) in [7, 11) is 0. The molecule has 0 saturated heterocycles. The first-order chi connectivity index (χ1) is 3.81. The maximum atomic E-state index is 8.57. The van der Waals surface area contributed by atoms with E-state index in [4.69, 9.17) is 15.5 Å². The first kappa shape index (κ1) is 12.7. The van der Waals surface area contributed by atoms with E-state index in [1.54, 1.807) is 5.40 Å². The van der Waals surface area contributed by atoms with E-state index < -0.39 is 6.10 Å². The molecule has 0 aromatic heterocycles. The van der Waals surface area contributed by atoms with Gasteiger partial charge in [0.2, 0.25) is 0 Å². The van der Waals surface area contributed by atoms with E-state index in [0.717, 1.165) is 11.8 Å². The number of aliphatic hydroxyl groups excluding tert-OH is 2. The molecule has 1 atom stereocenters. The summed E-state index contributed by atoms with van der Waals surface area (Å²) < 4.78 is 0. The van der Waals surface area contributed by atoms with Crippen molar-refractivity contribution < 1.29 is 10.2 Å². The van der Waals surface area contributed by atoms with Crippen LogP contribution in [0.25, 0.3) is 0 Å². The quantitative estimate of drug-likeness (QED) is 0.432. The molecular formula is C4H7CaNO2S. The van der Waals surface area contributed by atoms with Crippen LogP contribution in [-0.2, 0) is 0 Å². The summed E-state index contributed by atoms with van der Waals surface area (Å²) in [5.41, 5.74) is 0. The summed E-state index contributed by atoms with van der Waals surface area (Å²) in [6.07, 6.45) is -0.750. The van der Waals surface area contributed by atoms with Crippen LogP contribution in [-0.4, -0.2) is 66.4 Å². The molecule has 0 fully saturated rings. The van der Waals surface area contributed by atoms with Gasteiger partial charge < -0.3 is 10.2 Å². The smallest absolute Gasteiger partial charge is 0.133 e. The average Bonchev–Trinajstić information content (AvgIpc) is 1.83. The van der Waals surface area contributed by atoms with Gasteiger partial charge in [-0.05, 0) is 11.8 Å². The van der Waals surface area contributed by atoms with E-state index in [1.807, 2.05) is 0 Å². The number of hydrogen-bond acceptors (Lipinski definition) is 4. The van der Waals surface area contributed by atoms with Gasteiger partial charge in [0.05, 0.1) is 12.7 Å². The summed E-state index contributed by atoms with van der Waals surface area (Å²) in [5, 5.41) is 26.5. The minimum absolute atomic E-state index is 0. The van der Waals surface area contributed by atoms with Gasteiger partial charge in [0.25, 0.3) is 0 Å². The summed E-state index contributed by atoms with van der Waals surface area (Å²) in [5.74, 6) is 0.285. The second-order valence-corrected chi connectivity index (χ2v) is 2.04. The number of thioether (sulfide) groups is 1. The molecule has 0 rings (SSSR count). The fraction of sp³-hybridized carbons (Fsp3) is 0.750. The molecule has 2 radical (unpaired) electrons. The monoisotopic (exact) mass is 173 g/mol. The standard InChI is InChI=1S/C4H7NO2S.Ca/c5-3-8-2-4(7)1-6;/h4,6-7H,1-2H2;. The fourth-order valence-corrected chi connectivity index (χ4v) is 0.558. The van der Waals surface area contributed by atoms with E-state index in [-0.39, 0.29) is 50.1 Å². The van der Waals surface area contributed by atoms with E-state index in [1.165, 1.54) is 0 Å². The molecule has 1 unspecified atom stereocenters. The van der Waals surface area contributed by atoms with Gasteiger partial charge in [0, 0.05) is 43.5 Å². The van der Waals surface area contributed by atoms with Crippen molar-refractivity contribution in [3.05, 3.63) is 0 Å². The van der Waals surface area contributed by atoms with Crippen molar-refractivity contribution in [2.24, 2.45) is 0 Å². The summed E-state index contributed by atoms with van der Waals surface area (Å²) in [4.78, 5) is 0. The molecule has 0 bridgehead atoms. The van der Waals surface area contributed by atoms with Gasteiger partial charge in [-0.1, -0.05) is 0 Å². The van der Waals surface area contributed by atoms with Gasteiger partial charge in [-0.3, -0.25) is 0 Å². The third kappa shape index (κ3) is 9.02. The minimum atomic E-state index is -0.750. The van der Waals surface area contributed by atoms with Crippen molar-refractivity contribution in [1.29, 1.82) is 5.26 Å². The van der Waals surface area contributed by atoms with Crippen LogP contribution in [0.2, 0.25) is 0 Å². The fourth-order valence-electron chi connectivity index (χ4n) is 0.186. The molecule has 0 amide bonds. The molecule has 0 spiro atoms. The summed E-state index contributed by atoms with van der Waals surface area (Å²) in [6, 6.07) is 0. The molecule has 0 saturated carbocycles. The maximum absolute atomic E-state index is 8.57. The topological polar surface area (TPSA) is 64.2 Å². The molecule has 5 heteroatoms. The second kappa shape index (κ2) is 9.02. The third-order valence-corrected chi connectivity index (χ3v) is 1.23. The molecule has 2 N–H and O–H groups in total. The van der Waals surface area contributed by atoms with Crippen molar-refractivity contribution in [1.82, 2.24) is 0 Å². The van der Waals surface area contributed by atoms with E-state index in [0.29, 0.717) is 0 Å². The Morgan fingerprint density at radius 2 is 2.22 bits per heavy atom. The summed E-state index contributed by atoms with van der Waals surface area (Å²) in [6.45, 7) is -0.269. The Hall–Kier alpha value is 1.02. The van der Waals surface area contributed by atoms with E-state index in [2.05, 4.69) is 0 Å². The molecule has 48 valence electrons. The Balaban J connectivity index is 0. The number of rotatable bonds is 3. The number of nitriles is 1. The Morgan fingerprint density at radius 3 is 2.56 bits per heavy atom. The van der Waals surface area contributed by atoms with Crippen LogP contribution in [0.1, 0.15) is 0 Å². The van der Waals surface area contributed by atoms with Crippen molar-refractivity contribution >= 4 is 49.5 Å². The molecule has 0 heterocycles. The Bertz CT molecular complexity index is 95.1. The number of aliphatic hydroxyl groups is 2. The van der Waals surface area contributed by atoms with Crippen LogP contribution in [0, 0.1) is 10.7 Å². The normalized spacial score (nSPS) is 11.2. The van der Waals surface area contributed by atoms with Gasteiger partial charge in [-0.2, -0.15) is 5.26 Å². The van der Waals surface area contributed by atoms with Crippen molar-refractivity contribution in [3.8, 4) is 5.40 Å². The Morgan fingerprint density at radius 1 is 1.67 bits per heavy atom. The first-order valence-electron chi connectivity index (χ1n) is 2.11. The van der Waals surface area contributed by atoms with Gasteiger partial charge in [0.1, 0.15) is 5.40 Å². The van der Waals surface area contributed by atoms with Gasteiger partial charge in [-0.25, -0.2) is 0 Å². The Labute approximate surface area is 88.1 Å². The summed E-state index contributed by atoms with van der Waals surface area (Å²) >= 11 is 0.936. The minimum Gasteiger partial charge on any atom is -0.394 e. The molecule has 9 heavy (non-hydrogen) atoms. The van der Waals surface area contributed by atoms with E-state index in [9.17, 15) is 0 Å². The zero-order valence-corrected chi connectivity index (χ0v) is 7.97. The second-order valence-electron chi connectivity index (χ2n) is 1.24. The third-order valence-electron chi connectivity index (χ3n) is 0.551. The predicted molar refractivity (Wildman–Crippen MR) is 36.9 cm³/mol. The van der Waals surface area contributed by atoms with Crippen LogP contribution in [0.4, 0.5) is 0 Å². The van der Waals surface area contributed by atoms with Crippen LogP contribution >= 0.6 is 11.8 Å². The molecule has 3 nitrogen and oxygen atoms in total. The van der Waals surface area contributed by atoms with Crippen LogP contribution < -0.4 is 0 Å². The van der Waals surface area contributed by atoms with Crippen LogP contribution in [0.3, 0.4) is 0 Å². The average molecular weight is 173 g/mol. The van der Waals surface area contributed by atoms with E-state index >= 15 is 0 Å². The molecule has 0 aromatic carbocycles. The molecular weight excluding hydrogens is 166 g/mol. The molecule has 0 aliphatic heterocycles. The number of nitrogens with zero attached hydrogens (tertiary/aromatic N) is 1. The Kier molecular flexibility index (Phi) is 12.7. The SMILES string of the molecule is N#CSCC(O)CO.[Ca]. The van der Waals surface area contributed by atoms with Crippen LogP contribution in [0.5, 0.6) is 0 Å². The molecule has 0 aromatic rings. The van der Waals surface area contributed by atoms with Gasteiger partial charge in [-0.15, -0.1) is 0 Å². The molecule has 0 aliphatic carbocycles. The van der Waals surface area contributed by atoms with Gasteiger partial charge >= 0.3 is 0 Å². The largest absolute Gasteiger partial charge is 0.394 e. The van der Waals surface area contributed by atoms with Crippen molar-refractivity contribution in [3.63, 3.8) is 0 Å².